The molecule has 7 nitrogen and oxygen atoms in total. The van der Waals surface area contributed by atoms with Crippen LogP contribution in [0.3, 0.4) is 0 Å². The molecule has 1 aliphatic heterocycles. The molecule has 12 heteroatoms. The number of carbonyl (C=O) groups is 2. The first-order valence-electron chi connectivity index (χ1n) is 11.5. The number of halogens is 4. The smallest absolute Gasteiger partial charge is 0.443 e. The van der Waals surface area contributed by atoms with Crippen LogP contribution in [0.5, 0.6) is 5.75 Å². The second-order valence-electron chi connectivity index (χ2n) is 8.86. The van der Waals surface area contributed by atoms with E-state index in [1.807, 2.05) is 0 Å². The van der Waals surface area contributed by atoms with Crippen LogP contribution in [0.25, 0.3) is 10.9 Å². The van der Waals surface area contributed by atoms with E-state index in [1.165, 1.54) is 25.3 Å². The zero-order valence-corrected chi connectivity index (χ0v) is 20.8. The average molecular weight is 548 g/mol. The Kier molecular flexibility index (Phi) is 6.59. The number of hydrogen-bond acceptors (Lipinski definition) is 5. The SMILES string of the molecule is COc1cc(CC(=O)N2CCc3c(n(Cc4cnc(C(F)(F)F)s4)c4c(F)cccc34)C2)ccc1C(=O)O. The third-order valence-corrected chi connectivity index (χ3v) is 7.57. The molecule has 0 saturated carbocycles. The summed E-state index contributed by atoms with van der Waals surface area (Å²) in [6.45, 7) is 0.512. The number of amides is 1. The summed E-state index contributed by atoms with van der Waals surface area (Å²) in [5.74, 6) is -1.73. The fraction of sp³-hybridized carbons (Fsp3) is 0.269. The number of thiazole rings is 1. The predicted octanol–water partition coefficient (Wildman–Crippen LogP) is 5.14. The molecular formula is C26H21F4N3O4S. The van der Waals surface area contributed by atoms with Crippen molar-refractivity contribution in [2.75, 3.05) is 13.7 Å². The molecule has 0 aliphatic carbocycles. The Balaban J connectivity index is 1.45. The van der Waals surface area contributed by atoms with E-state index in [4.69, 9.17) is 4.74 Å². The minimum Gasteiger partial charge on any atom is -0.496 e. The summed E-state index contributed by atoms with van der Waals surface area (Å²) in [6, 6.07) is 9.09. The minimum absolute atomic E-state index is 0.00995. The highest BCUT2D eigenvalue weighted by Crippen LogP contribution is 2.36. The minimum atomic E-state index is -4.57. The monoisotopic (exact) mass is 547 g/mol. The average Bonchev–Trinajstić information content (AvgIpc) is 3.48. The van der Waals surface area contributed by atoms with E-state index in [1.54, 1.807) is 27.7 Å². The Morgan fingerprint density at radius 2 is 2.00 bits per heavy atom. The van der Waals surface area contributed by atoms with Gasteiger partial charge in [0, 0.05) is 28.7 Å². The molecule has 1 amide bonds. The van der Waals surface area contributed by atoms with Crippen molar-refractivity contribution >= 4 is 34.1 Å². The molecule has 5 rings (SSSR count). The zero-order chi connectivity index (χ0) is 27.2. The lowest BCUT2D eigenvalue weighted by Crippen LogP contribution is -2.37. The molecule has 0 saturated heterocycles. The number of alkyl halides is 3. The van der Waals surface area contributed by atoms with Crippen LogP contribution in [0.15, 0.2) is 42.6 Å². The molecule has 0 unspecified atom stereocenters. The van der Waals surface area contributed by atoms with Crippen LogP contribution in [0.2, 0.25) is 0 Å². The summed E-state index contributed by atoms with van der Waals surface area (Å²) in [6.07, 6.45) is -2.98. The first-order chi connectivity index (χ1) is 18.1. The van der Waals surface area contributed by atoms with Crippen LogP contribution in [0.1, 0.15) is 37.1 Å². The third kappa shape index (κ3) is 4.71. The standard InChI is InChI=1S/C26H21F4N3O4S/c1-37-21-9-14(5-6-18(21)24(35)36)10-22(34)32-8-7-16-17-3-2-4-19(27)23(17)33(20(16)13-32)12-15-11-31-25(38-15)26(28,29)30/h2-6,9,11H,7-8,10,12-13H2,1H3,(H,35,36). The van der Waals surface area contributed by atoms with E-state index in [9.17, 15) is 32.3 Å². The lowest BCUT2D eigenvalue weighted by Gasteiger charge is -2.29. The van der Waals surface area contributed by atoms with E-state index in [0.717, 1.165) is 11.8 Å². The van der Waals surface area contributed by atoms with Gasteiger partial charge in [0.1, 0.15) is 17.1 Å². The summed E-state index contributed by atoms with van der Waals surface area (Å²) in [5, 5.41) is 8.97. The number of rotatable bonds is 6. The topological polar surface area (TPSA) is 84.7 Å². The van der Waals surface area contributed by atoms with Crippen molar-refractivity contribution in [3.05, 3.63) is 80.7 Å². The fourth-order valence-corrected chi connectivity index (χ4v) is 5.58. The number of carbonyl (C=O) groups excluding carboxylic acids is 1. The second-order valence-corrected chi connectivity index (χ2v) is 9.97. The highest BCUT2D eigenvalue weighted by molar-refractivity contribution is 7.11. The highest BCUT2D eigenvalue weighted by atomic mass is 32.1. The van der Waals surface area contributed by atoms with Crippen LogP contribution in [-0.2, 0) is 36.9 Å². The molecule has 1 aliphatic rings. The molecule has 1 N–H and O–H groups in total. The van der Waals surface area contributed by atoms with Crippen molar-refractivity contribution < 1.29 is 37.0 Å². The van der Waals surface area contributed by atoms with Crippen molar-refractivity contribution in [1.29, 1.82) is 0 Å². The first kappa shape index (κ1) is 25.7. The maximum atomic E-state index is 15.0. The van der Waals surface area contributed by atoms with Gasteiger partial charge in [0.15, 0.2) is 5.01 Å². The summed E-state index contributed by atoms with van der Waals surface area (Å²) in [7, 11) is 1.35. The van der Waals surface area contributed by atoms with Crippen molar-refractivity contribution in [1.82, 2.24) is 14.5 Å². The third-order valence-electron chi connectivity index (χ3n) is 6.54. The Morgan fingerprint density at radius 3 is 2.68 bits per heavy atom. The number of fused-ring (bicyclic) bond motifs is 3. The number of aromatic carboxylic acids is 1. The zero-order valence-electron chi connectivity index (χ0n) is 20.0. The van der Waals surface area contributed by atoms with Gasteiger partial charge in [0.2, 0.25) is 5.91 Å². The van der Waals surface area contributed by atoms with Crippen LogP contribution in [-0.4, -0.2) is 45.1 Å². The summed E-state index contributed by atoms with van der Waals surface area (Å²) in [5.41, 5.74) is 2.35. The molecule has 38 heavy (non-hydrogen) atoms. The molecule has 3 heterocycles. The van der Waals surface area contributed by atoms with Gasteiger partial charge in [-0.05, 0) is 35.7 Å². The first-order valence-corrected chi connectivity index (χ1v) is 12.4. The summed E-state index contributed by atoms with van der Waals surface area (Å²) in [4.78, 5) is 30.0. The number of hydrogen-bond donors (Lipinski definition) is 1. The van der Waals surface area contributed by atoms with Gasteiger partial charge in [0.05, 0.1) is 32.1 Å². The van der Waals surface area contributed by atoms with Crippen molar-refractivity contribution in [2.45, 2.75) is 32.1 Å². The molecule has 0 radical (unpaired) electrons. The van der Waals surface area contributed by atoms with E-state index in [0.29, 0.717) is 45.8 Å². The van der Waals surface area contributed by atoms with Crippen LogP contribution in [0.4, 0.5) is 17.6 Å². The quantitative estimate of drug-likeness (QED) is 0.338. The Bertz CT molecular complexity index is 1560. The largest absolute Gasteiger partial charge is 0.496 e. The van der Waals surface area contributed by atoms with E-state index < -0.39 is 23.0 Å². The van der Waals surface area contributed by atoms with Gasteiger partial charge < -0.3 is 19.3 Å². The van der Waals surface area contributed by atoms with Crippen LogP contribution < -0.4 is 4.74 Å². The number of para-hydroxylation sites is 1. The number of ether oxygens (including phenoxy) is 1. The van der Waals surface area contributed by atoms with Gasteiger partial charge in [-0.1, -0.05) is 18.2 Å². The number of aromatic nitrogens is 2. The lowest BCUT2D eigenvalue weighted by molar-refractivity contribution is -0.137. The maximum Gasteiger partial charge on any atom is 0.443 e. The number of benzene rings is 2. The Morgan fingerprint density at radius 1 is 1.21 bits per heavy atom. The second kappa shape index (κ2) is 9.75. The molecule has 2 aromatic carbocycles. The lowest BCUT2D eigenvalue weighted by atomic mass is 10.0. The predicted molar refractivity (Wildman–Crippen MR) is 131 cm³/mol. The Hall–Kier alpha value is -3.93. The fourth-order valence-electron chi connectivity index (χ4n) is 4.82. The van der Waals surface area contributed by atoms with Gasteiger partial charge in [0.25, 0.3) is 0 Å². The molecule has 198 valence electrons. The van der Waals surface area contributed by atoms with Gasteiger partial charge in [-0.15, -0.1) is 11.3 Å². The number of nitrogens with zero attached hydrogens (tertiary/aromatic N) is 3. The van der Waals surface area contributed by atoms with E-state index in [2.05, 4.69) is 4.98 Å². The van der Waals surface area contributed by atoms with Gasteiger partial charge in [-0.3, -0.25) is 4.79 Å². The molecule has 0 fully saturated rings. The van der Waals surface area contributed by atoms with Crippen LogP contribution >= 0.6 is 11.3 Å². The van der Waals surface area contributed by atoms with Gasteiger partial charge in [-0.2, -0.15) is 13.2 Å². The van der Waals surface area contributed by atoms with E-state index >= 15 is 0 Å². The molecule has 4 aromatic rings. The summed E-state index contributed by atoms with van der Waals surface area (Å²) >= 11 is 0.505. The summed E-state index contributed by atoms with van der Waals surface area (Å²) < 4.78 is 61.1. The highest BCUT2D eigenvalue weighted by Gasteiger charge is 2.35. The molecule has 2 aromatic heterocycles. The number of carboxylic acids is 1. The number of carboxylic acid groups (broad SMARTS) is 1. The Labute approximate surface area is 217 Å². The molecule has 0 bridgehead atoms. The van der Waals surface area contributed by atoms with Crippen molar-refractivity contribution in [2.24, 2.45) is 0 Å². The van der Waals surface area contributed by atoms with E-state index in [-0.39, 0.29) is 42.2 Å². The van der Waals surface area contributed by atoms with Gasteiger partial charge in [-0.25, -0.2) is 14.2 Å². The molecular weight excluding hydrogens is 526 g/mol. The normalized spacial score (nSPS) is 13.6. The molecule has 0 spiro atoms. The van der Waals surface area contributed by atoms with Crippen molar-refractivity contribution in [3.8, 4) is 5.75 Å². The van der Waals surface area contributed by atoms with Crippen molar-refractivity contribution in [3.63, 3.8) is 0 Å². The molecule has 0 atom stereocenters. The van der Waals surface area contributed by atoms with Gasteiger partial charge >= 0.3 is 12.1 Å². The van der Waals surface area contributed by atoms with Crippen LogP contribution in [0, 0.1) is 5.82 Å². The maximum absolute atomic E-state index is 15.0. The number of methoxy groups -OCH3 is 1.